The first-order valence-corrected chi connectivity index (χ1v) is 12.8. The number of carbonyl (C=O) groups excluding carboxylic acids is 1. The highest BCUT2D eigenvalue weighted by molar-refractivity contribution is 9.10. The second-order valence-electron chi connectivity index (χ2n) is 7.21. The highest BCUT2D eigenvalue weighted by Gasteiger charge is 2.30. The zero-order valence-electron chi connectivity index (χ0n) is 17.3. The molecule has 0 saturated carbocycles. The molecule has 0 aliphatic rings. The monoisotopic (exact) mass is 522 g/mol. The van der Waals surface area contributed by atoms with Crippen molar-refractivity contribution in [2.45, 2.75) is 38.1 Å². The normalized spacial score (nSPS) is 13.5. The van der Waals surface area contributed by atoms with E-state index in [4.69, 9.17) is 0 Å². The van der Waals surface area contributed by atoms with Crippen LogP contribution in [-0.2, 0) is 14.8 Å². The first kappa shape index (κ1) is 23.5. The number of rotatable bonds is 8. The average Bonchev–Trinajstić information content (AvgIpc) is 3.20. The number of aromatic nitrogens is 2. The minimum absolute atomic E-state index is 0.118. The van der Waals surface area contributed by atoms with Gasteiger partial charge in [-0.3, -0.25) is 10.1 Å². The van der Waals surface area contributed by atoms with Crippen molar-refractivity contribution in [3.63, 3.8) is 0 Å². The number of nitrogens with zero attached hydrogens (tertiary/aromatic N) is 2. The van der Waals surface area contributed by atoms with E-state index in [1.54, 1.807) is 12.1 Å². The van der Waals surface area contributed by atoms with E-state index in [1.165, 1.54) is 23.5 Å². The van der Waals surface area contributed by atoms with E-state index in [2.05, 4.69) is 36.2 Å². The molecule has 164 valence electrons. The Labute approximate surface area is 194 Å². The minimum atomic E-state index is -3.86. The van der Waals surface area contributed by atoms with E-state index in [0.29, 0.717) is 16.6 Å². The molecule has 3 aromatic rings. The molecule has 3 rings (SSSR count). The van der Waals surface area contributed by atoms with Crippen molar-refractivity contribution in [1.29, 1.82) is 0 Å². The summed E-state index contributed by atoms with van der Waals surface area (Å²) in [5, 5.41) is 11.8. The summed E-state index contributed by atoms with van der Waals surface area (Å²) in [5.41, 5.74) is 1.83. The highest BCUT2D eigenvalue weighted by atomic mass is 79.9. The molecule has 0 aliphatic carbocycles. The van der Waals surface area contributed by atoms with Crippen molar-refractivity contribution in [2.75, 3.05) is 5.32 Å². The lowest BCUT2D eigenvalue weighted by Gasteiger charge is -2.22. The SMILES string of the molecule is CC[C@@H](C)[C@H](NS(=O)(=O)c1ccc(C)cc1)C(=O)Nc1nnc(-c2ccc(Br)cc2)s1. The standard InChI is InChI=1S/C21H23BrN4O3S2/c1-4-14(3)18(26-31(28,29)17-11-5-13(2)6-12-17)19(27)23-21-25-24-20(30-21)15-7-9-16(22)10-8-15/h5-12,14,18,26H,4H2,1-3H3,(H,23,25,27)/t14-,18+/m1/s1. The maximum Gasteiger partial charge on any atom is 0.244 e. The molecule has 0 fully saturated rings. The fourth-order valence-corrected chi connectivity index (χ4v) is 5.10. The van der Waals surface area contributed by atoms with Crippen molar-refractivity contribution in [3.05, 3.63) is 58.6 Å². The van der Waals surface area contributed by atoms with Crippen molar-refractivity contribution in [1.82, 2.24) is 14.9 Å². The molecular weight excluding hydrogens is 500 g/mol. The summed E-state index contributed by atoms with van der Waals surface area (Å²) in [6, 6.07) is 13.1. The van der Waals surface area contributed by atoms with Gasteiger partial charge in [0.1, 0.15) is 11.0 Å². The molecule has 1 aromatic heterocycles. The number of nitrogens with one attached hydrogen (secondary N) is 2. The lowest BCUT2D eigenvalue weighted by molar-refractivity contribution is -0.118. The Bertz CT molecular complexity index is 1150. The van der Waals surface area contributed by atoms with E-state index >= 15 is 0 Å². The summed E-state index contributed by atoms with van der Waals surface area (Å²) in [6.45, 7) is 5.61. The largest absolute Gasteiger partial charge is 0.299 e. The number of benzene rings is 2. The van der Waals surface area contributed by atoms with Gasteiger partial charge in [0.2, 0.25) is 21.1 Å². The highest BCUT2D eigenvalue weighted by Crippen LogP contribution is 2.28. The molecule has 2 N–H and O–H groups in total. The van der Waals surface area contributed by atoms with Crippen molar-refractivity contribution in [2.24, 2.45) is 5.92 Å². The predicted octanol–water partition coefficient (Wildman–Crippen LogP) is 4.61. The van der Waals surface area contributed by atoms with Crippen LogP contribution in [0, 0.1) is 12.8 Å². The molecule has 0 radical (unpaired) electrons. The van der Waals surface area contributed by atoms with E-state index in [9.17, 15) is 13.2 Å². The maximum atomic E-state index is 13.0. The molecule has 1 heterocycles. The third kappa shape index (κ3) is 5.97. The minimum Gasteiger partial charge on any atom is -0.299 e. The van der Waals surface area contributed by atoms with Crippen LogP contribution in [0.2, 0.25) is 0 Å². The number of sulfonamides is 1. The van der Waals surface area contributed by atoms with Gasteiger partial charge in [-0.25, -0.2) is 8.42 Å². The predicted molar refractivity (Wildman–Crippen MR) is 126 cm³/mol. The van der Waals surface area contributed by atoms with Crippen LogP contribution in [0.25, 0.3) is 10.6 Å². The summed E-state index contributed by atoms with van der Waals surface area (Å²) in [5.74, 6) is -0.692. The Hall–Kier alpha value is -2.14. The van der Waals surface area contributed by atoms with Crippen LogP contribution in [-0.4, -0.2) is 30.6 Å². The summed E-state index contributed by atoms with van der Waals surface area (Å²) in [4.78, 5) is 13.1. The van der Waals surface area contributed by atoms with Crippen LogP contribution in [0.3, 0.4) is 0 Å². The molecule has 2 atom stereocenters. The van der Waals surface area contributed by atoms with Crippen molar-refractivity contribution in [3.8, 4) is 10.6 Å². The molecule has 0 spiro atoms. The van der Waals surface area contributed by atoms with Gasteiger partial charge in [0.05, 0.1) is 4.90 Å². The van der Waals surface area contributed by atoms with Gasteiger partial charge in [-0.05, 0) is 37.1 Å². The fraction of sp³-hybridized carbons (Fsp3) is 0.286. The van der Waals surface area contributed by atoms with Crippen molar-refractivity contribution < 1.29 is 13.2 Å². The number of hydrogen-bond donors (Lipinski definition) is 2. The quantitative estimate of drug-likeness (QED) is 0.449. The Morgan fingerprint density at radius 1 is 1.10 bits per heavy atom. The summed E-state index contributed by atoms with van der Waals surface area (Å²) >= 11 is 4.62. The summed E-state index contributed by atoms with van der Waals surface area (Å²) in [6.07, 6.45) is 0.620. The molecule has 2 aromatic carbocycles. The molecule has 31 heavy (non-hydrogen) atoms. The van der Waals surface area contributed by atoms with Crippen LogP contribution >= 0.6 is 27.3 Å². The van der Waals surface area contributed by atoms with Crippen LogP contribution < -0.4 is 10.0 Å². The van der Waals surface area contributed by atoms with Gasteiger partial charge in [-0.15, -0.1) is 10.2 Å². The molecule has 0 saturated heterocycles. The van der Waals surface area contributed by atoms with Crippen LogP contribution in [0.15, 0.2) is 57.9 Å². The Morgan fingerprint density at radius 2 is 1.74 bits per heavy atom. The maximum absolute atomic E-state index is 13.0. The van der Waals surface area contributed by atoms with E-state index in [-0.39, 0.29) is 10.8 Å². The van der Waals surface area contributed by atoms with E-state index < -0.39 is 22.0 Å². The number of halogens is 1. The molecule has 1 amide bonds. The van der Waals surface area contributed by atoms with Gasteiger partial charge in [-0.1, -0.05) is 77.4 Å². The topological polar surface area (TPSA) is 101 Å². The molecule has 10 heteroatoms. The first-order valence-electron chi connectivity index (χ1n) is 9.69. The van der Waals surface area contributed by atoms with E-state index in [1.807, 2.05) is 45.0 Å². The van der Waals surface area contributed by atoms with Gasteiger partial charge in [0, 0.05) is 10.0 Å². The lowest BCUT2D eigenvalue weighted by Crippen LogP contribution is -2.47. The Kier molecular flexibility index (Phi) is 7.58. The number of hydrogen-bond acceptors (Lipinski definition) is 6. The van der Waals surface area contributed by atoms with Gasteiger partial charge in [0.15, 0.2) is 0 Å². The smallest absolute Gasteiger partial charge is 0.244 e. The van der Waals surface area contributed by atoms with Crippen LogP contribution in [0.1, 0.15) is 25.8 Å². The molecule has 0 bridgehead atoms. The third-order valence-electron chi connectivity index (χ3n) is 4.86. The van der Waals surface area contributed by atoms with Gasteiger partial charge < -0.3 is 0 Å². The average molecular weight is 523 g/mol. The van der Waals surface area contributed by atoms with Crippen LogP contribution in [0.4, 0.5) is 5.13 Å². The van der Waals surface area contributed by atoms with Gasteiger partial charge >= 0.3 is 0 Å². The molecule has 0 aliphatic heterocycles. The Morgan fingerprint density at radius 3 is 2.35 bits per heavy atom. The van der Waals surface area contributed by atoms with E-state index in [0.717, 1.165) is 15.6 Å². The lowest BCUT2D eigenvalue weighted by atomic mass is 9.99. The zero-order valence-corrected chi connectivity index (χ0v) is 20.5. The fourth-order valence-electron chi connectivity index (χ4n) is 2.78. The van der Waals surface area contributed by atoms with Gasteiger partial charge in [0.25, 0.3) is 0 Å². The number of amides is 1. The van der Waals surface area contributed by atoms with Gasteiger partial charge in [-0.2, -0.15) is 4.72 Å². The van der Waals surface area contributed by atoms with Crippen LogP contribution in [0.5, 0.6) is 0 Å². The molecule has 7 nitrogen and oxygen atoms in total. The number of aryl methyl sites for hydroxylation is 1. The number of anilines is 1. The molecular formula is C21H23BrN4O3S2. The first-order chi connectivity index (χ1) is 14.7. The zero-order chi connectivity index (χ0) is 22.6. The molecule has 0 unspecified atom stereocenters. The summed E-state index contributed by atoms with van der Waals surface area (Å²) in [7, 11) is -3.86. The Balaban J connectivity index is 1.77. The second kappa shape index (κ2) is 9.99. The van der Waals surface area contributed by atoms with Crippen molar-refractivity contribution >= 4 is 48.3 Å². The number of carbonyl (C=O) groups is 1. The summed E-state index contributed by atoms with van der Waals surface area (Å²) < 4.78 is 29.2. The third-order valence-corrected chi connectivity index (χ3v) is 7.73. The second-order valence-corrected chi connectivity index (χ2v) is 10.8.